The van der Waals surface area contributed by atoms with Crippen molar-refractivity contribution < 1.29 is 9.53 Å². The van der Waals surface area contributed by atoms with Gasteiger partial charge in [0.2, 0.25) is 0 Å². The number of carbonyl (C=O) groups excluding carboxylic acids is 1. The van der Waals surface area contributed by atoms with Crippen molar-refractivity contribution in [1.29, 1.82) is 0 Å². The normalized spacial score (nSPS) is 12.4. The molecule has 0 bridgehead atoms. The number of hydrogen-bond donors (Lipinski definition) is 0. The number of aromatic nitrogens is 1. The maximum absolute atomic E-state index is 11.2. The van der Waals surface area contributed by atoms with E-state index in [0.29, 0.717) is 11.6 Å². The highest BCUT2D eigenvalue weighted by molar-refractivity contribution is 5.96. The molecule has 4 nitrogen and oxygen atoms in total. The minimum atomic E-state index is -0.0643. The van der Waals surface area contributed by atoms with E-state index in [4.69, 9.17) is 4.74 Å². The molecule has 0 N–H and O–H groups in total. The van der Waals surface area contributed by atoms with Crippen LogP contribution in [0.1, 0.15) is 33.4 Å². The van der Waals surface area contributed by atoms with Crippen molar-refractivity contribution in [1.82, 2.24) is 4.98 Å². The number of nitrogens with zero attached hydrogens (tertiary/aromatic N) is 2. The molecule has 1 aromatic heterocycles. The number of ether oxygens (including phenoxy) is 1. The first-order valence-corrected chi connectivity index (χ1v) is 6.05. The molecule has 4 heteroatoms. The molecule has 1 aliphatic rings. The number of likely N-dealkylation sites (N-methyl/N-ethyl adjacent to an activating group) is 1. The number of rotatable bonds is 0. The Balaban J connectivity index is 0.000000581. The van der Waals surface area contributed by atoms with E-state index in [-0.39, 0.29) is 12.5 Å². The number of pyridine rings is 1. The Morgan fingerprint density at radius 3 is 2.41 bits per heavy atom. The standard InChI is InChI=1S/C9H10N2O2.2C2H6/c1-6-3-4-7-9(10-6)11(2)8(12)5-13-7;2*1-2/h3-4H,5H2,1-2H3;2*1-2H3. The molecule has 0 aliphatic carbocycles. The van der Waals surface area contributed by atoms with Gasteiger partial charge >= 0.3 is 0 Å². The van der Waals surface area contributed by atoms with Crippen LogP contribution in [0.2, 0.25) is 0 Å². The Bertz CT molecular complexity index is 364. The van der Waals surface area contributed by atoms with Crippen molar-refractivity contribution >= 4 is 11.7 Å². The molecule has 0 spiro atoms. The lowest BCUT2D eigenvalue weighted by atomic mass is 10.3. The van der Waals surface area contributed by atoms with Crippen LogP contribution in [0.25, 0.3) is 0 Å². The summed E-state index contributed by atoms with van der Waals surface area (Å²) >= 11 is 0. The van der Waals surface area contributed by atoms with Gasteiger partial charge in [-0.2, -0.15) is 0 Å². The molecule has 0 unspecified atom stereocenters. The molecule has 0 atom stereocenters. The molecular weight excluding hydrogens is 216 g/mol. The summed E-state index contributed by atoms with van der Waals surface area (Å²) in [6.07, 6.45) is 0. The third-order valence-electron chi connectivity index (χ3n) is 2.02. The van der Waals surface area contributed by atoms with Crippen LogP contribution in [0.4, 0.5) is 5.82 Å². The topological polar surface area (TPSA) is 42.4 Å². The van der Waals surface area contributed by atoms with Crippen LogP contribution in [0, 0.1) is 6.92 Å². The molecule has 1 amide bonds. The molecule has 0 saturated carbocycles. The van der Waals surface area contributed by atoms with Crippen molar-refractivity contribution in [2.75, 3.05) is 18.6 Å². The summed E-state index contributed by atoms with van der Waals surface area (Å²) in [4.78, 5) is 17.0. The summed E-state index contributed by atoms with van der Waals surface area (Å²) in [5, 5.41) is 0. The second-order valence-electron chi connectivity index (χ2n) is 3.02. The fourth-order valence-electron chi connectivity index (χ4n) is 1.24. The van der Waals surface area contributed by atoms with E-state index in [1.807, 2.05) is 46.8 Å². The van der Waals surface area contributed by atoms with Gasteiger partial charge in [-0.15, -0.1) is 0 Å². The van der Waals surface area contributed by atoms with Gasteiger partial charge < -0.3 is 4.74 Å². The Labute approximate surface area is 104 Å². The molecule has 0 saturated heterocycles. The maximum Gasteiger partial charge on any atom is 0.265 e. The Morgan fingerprint density at radius 2 is 1.82 bits per heavy atom. The van der Waals surface area contributed by atoms with Gasteiger partial charge in [-0.25, -0.2) is 4.98 Å². The van der Waals surface area contributed by atoms with E-state index in [1.54, 1.807) is 7.05 Å². The first kappa shape index (κ1) is 15.4. The van der Waals surface area contributed by atoms with E-state index >= 15 is 0 Å². The SMILES string of the molecule is CC.CC.Cc1ccc2c(n1)N(C)C(=O)CO2. The van der Waals surface area contributed by atoms with Gasteiger partial charge in [0.1, 0.15) is 0 Å². The molecule has 0 fully saturated rings. The third-order valence-corrected chi connectivity index (χ3v) is 2.02. The summed E-state index contributed by atoms with van der Waals surface area (Å²) in [5.74, 6) is 1.22. The first-order chi connectivity index (χ1) is 8.18. The van der Waals surface area contributed by atoms with E-state index in [0.717, 1.165) is 5.69 Å². The molecular formula is C13H22N2O2. The van der Waals surface area contributed by atoms with Crippen molar-refractivity contribution in [3.05, 3.63) is 17.8 Å². The van der Waals surface area contributed by atoms with Crippen molar-refractivity contribution in [2.24, 2.45) is 0 Å². The van der Waals surface area contributed by atoms with Crippen LogP contribution < -0.4 is 9.64 Å². The third kappa shape index (κ3) is 3.73. The number of carbonyl (C=O) groups is 1. The molecule has 17 heavy (non-hydrogen) atoms. The molecule has 2 rings (SSSR count). The number of anilines is 1. The van der Waals surface area contributed by atoms with Crippen LogP contribution >= 0.6 is 0 Å². The van der Waals surface area contributed by atoms with Gasteiger partial charge in [0.15, 0.2) is 18.2 Å². The number of fused-ring (bicyclic) bond motifs is 1. The quantitative estimate of drug-likeness (QED) is 0.698. The van der Waals surface area contributed by atoms with Crippen molar-refractivity contribution in [2.45, 2.75) is 34.6 Å². The van der Waals surface area contributed by atoms with Crippen molar-refractivity contribution in [3.63, 3.8) is 0 Å². The summed E-state index contributed by atoms with van der Waals surface area (Å²) in [6, 6.07) is 3.70. The summed E-state index contributed by atoms with van der Waals surface area (Å²) in [6.45, 7) is 9.99. The van der Waals surface area contributed by atoms with Crippen molar-refractivity contribution in [3.8, 4) is 5.75 Å². The lowest BCUT2D eigenvalue weighted by Crippen LogP contribution is -2.36. The second kappa shape index (κ2) is 7.65. The minimum Gasteiger partial charge on any atom is -0.480 e. The molecule has 0 radical (unpaired) electrons. The van der Waals surface area contributed by atoms with Gasteiger partial charge in [-0.3, -0.25) is 9.69 Å². The van der Waals surface area contributed by atoms with E-state index < -0.39 is 0 Å². The molecule has 1 aliphatic heterocycles. The fourth-order valence-corrected chi connectivity index (χ4v) is 1.24. The number of hydrogen-bond acceptors (Lipinski definition) is 3. The molecule has 2 heterocycles. The number of amides is 1. The monoisotopic (exact) mass is 238 g/mol. The molecule has 1 aromatic rings. The minimum absolute atomic E-state index is 0.0643. The van der Waals surface area contributed by atoms with Gasteiger partial charge in [0.25, 0.3) is 5.91 Å². The highest BCUT2D eigenvalue weighted by Crippen LogP contribution is 2.28. The van der Waals surface area contributed by atoms with Crippen LogP contribution in [-0.2, 0) is 4.79 Å². The second-order valence-corrected chi connectivity index (χ2v) is 3.02. The summed E-state index contributed by atoms with van der Waals surface area (Å²) < 4.78 is 5.21. The number of aryl methyl sites for hydroxylation is 1. The van der Waals surface area contributed by atoms with E-state index in [2.05, 4.69) is 4.98 Å². The average Bonchev–Trinajstić information content (AvgIpc) is 2.39. The zero-order valence-electron chi connectivity index (χ0n) is 11.6. The Hall–Kier alpha value is -1.58. The zero-order valence-corrected chi connectivity index (χ0v) is 11.6. The predicted molar refractivity (Wildman–Crippen MR) is 70.6 cm³/mol. The Morgan fingerprint density at radius 1 is 1.24 bits per heavy atom. The largest absolute Gasteiger partial charge is 0.480 e. The van der Waals surface area contributed by atoms with E-state index in [9.17, 15) is 4.79 Å². The Kier molecular flexibility index (Phi) is 6.94. The predicted octanol–water partition coefficient (Wildman–Crippen LogP) is 2.80. The van der Waals surface area contributed by atoms with Crippen LogP contribution in [0.15, 0.2) is 12.1 Å². The van der Waals surface area contributed by atoms with Gasteiger partial charge in [0.05, 0.1) is 0 Å². The van der Waals surface area contributed by atoms with Crippen LogP contribution in [0.3, 0.4) is 0 Å². The maximum atomic E-state index is 11.2. The van der Waals surface area contributed by atoms with E-state index in [1.165, 1.54) is 4.90 Å². The van der Waals surface area contributed by atoms with Gasteiger partial charge in [-0.05, 0) is 19.1 Å². The lowest BCUT2D eigenvalue weighted by molar-refractivity contribution is -0.121. The van der Waals surface area contributed by atoms with Crippen LogP contribution in [0.5, 0.6) is 5.75 Å². The smallest absolute Gasteiger partial charge is 0.265 e. The highest BCUT2D eigenvalue weighted by atomic mass is 16.5. The summed E-state index contributed by atoms with van der Waals surface area (Å²) in [7, 11) is 1.70. The average molecular weight is 238 g/mol. The van der Waals surface area contributed by atoms with Gasteiger partial charge in [0, 0.05) is 12.7 Å². The molecule has 96 valence electrons. The highest BCUT2D eigenvalue weighted by Gasteiger charge is 2.23. The summed E-state index contributed by atoms with van der Waals surface area (Å²) in [5.41, 5.74) is 0.879. The first-order valence-electron chi connectivity index (χ1n) is 6.05. The lowest BCUT2D eigenvalue weighted by Gasteiger charge is -2.24. The van der Waals surface area contributed by atoms with Gasteiger partial charge in [-0.1, -0.05) is 27.7 Å². The zero-order chi connectivity index (χ0) is 13.4. The van der Waals surface area contributed by atoms with Crippen LogP contribution in [-0.4, -0.2) is 24.5 Å². The fraction of sp³-hybridized carbons (Fsp3) is 0.538. The molecule has 0 aromatic carbocycles.